The van der Waals surface area contributed by atoms with E-state index in [1.54, 1.807) is 25.3 Å². The molecular formula is C19H22BN3O4S. The van der Waals surface area contributed by atoms with Gasteiger partial charge in [-0.3, -0.25) is 0 Å². The molecule has 3 aromatic rings. The normalized spacial score (nSPS) is 11.5. The minimum Gasteiger partial charge on any atom is -0.489 e. The summed E-state index contributed by atoms with van der Waals surface area (Å²) in [6.07, 6.45) is 2.70. The van der Waals surface area contributed by atoms with Crippen molar-refractivity contribution in [3.63, 3.8) is 0 Å². The fraction of sp³-hybridized carbons (Fsp3) is 0.263. The van der Waals surface area contributed by atoms with Crippen LogP contribution in [0.2, 0.25) is 0 Å². The van der Waals surface area contributed by atoms with Crippen molar-refractivity contribution in [1.29, 1.82) is 0 Å². The molecule has 7 nitrogen and oxygen atoms in total. The minimum atomic E-state index is -3.25. The predicted molar refractivity (Wildman–Crippen MR) is 112 cm³/mol. The minimum absolute atomic E-state index is 0.264. The Balaban J connectivity index is 1.81. The summed E-state index contributed by atoms with van der Waals surface area (Å²) in [5.74, 6) is 1.44. The van der Waals surface area contributed by atoms with Crippen molar-refractivity contribution >= 4 is 39.9 Å². The van der Waals surface area contributed by atoms with Crippen LogP contribution in [0.15, 0.2) is 47.6 Å². The monoisotopic (exact) mass is 399 g/mol. The molecule has 0 spiro atoms. The van der Waals surface area contributed by atoms with Crippen LogP contribution in [0.5, 0.6) is 5.75 Å². The lowest BCUT2D eigenvalue weighted by Crippen LogP contribution is -2.13. The summed E-state index contributed by atoms with van der Waals surface area (Å²) in [7, 11) is 0.356. The third-order valence-corrected chi connectivity index (χ3v) is 5.36. The van der Waals surface area contributed by atoms with E-state index in [0.717, 1.165) is 27.7 Å². The van der Waals surface area contributed by atoms with Crippen LogP contribution in [0.3, 0.4) is 0 Å². The van der Waals surface area contributed by atoms with Crippen LogP contribution in [0, 0.1) is 0 Å². The van der Waals surface area contributed by atoms with Crippen LogP contribution >= 0.6 is 0 Å². The first-order valence-electron chi connectivity index (χ1n) is 8.78. The highest BCUT2D eigenvalue weighted by molar-refractivity contribution is 7.90. The Morgan fingerprint density at radius 2 is 2.00 bits per heavy atom. The molecule has 0 atom stereocenters. The molecule has 28 heavy (non-hydrogen) atoms. The number of sulfone groups is 1. The lowest BCUT2D eigenvalue weighted by Gasteiger charge is -2.13. The number of benzene rings is 2. The molecule has 0 fully saturated rings. The van der Waals surface area contributed by atoms with Crippen molar-refractivity contribution in [3.8, 4) is 5.75 Å². The van der Waals surface area contributed by atoms with E-state index in [9.17, 15) is 8.42 Å². The highest BCUT2D eigenvalue weighted by Gasteiger charge is 2.10. The molecule has 0 radical (unpaired) electrons. The van der Waals surface area contributed by atoms with Crippen LogP contribution < -0.4 is 15.5 Å². The van der Waals surface area contributed by atoms with Crippen molar-refractivity contribution in [1.82, 2.24) is 9.97 Å². The summed E-state index contributed by atoms with van der Waals surface area (Å²) in [6.45, 7) is 1.49. The lowest BCUT2D eigenvalue weighted by molar-refractivity contribution is 0.210. The zero-order chi connectivity index (χ0) is 20.1. The van der Waals surface area contributed by atoms with Crippen molar-refractivity contribution in [2.45, 2.75) is 11.5 Å². The first kappa shape index (κ1) is 20.1. The first-order chi connectivity index (χ1) is 13.4. The fourth-order valence-electron chi connectivity index (χ4n) is 2.79. The predicted octanol–water partition coefficient (Wildman–Crippen LogP) is 0.929. The van der Waals surface area contributed by atoms with Crippen molar-refractivity contribution in [2.75, 3.05) is 31.8 Å². The number of hydrogen-bond donors (Lipinski definition) is 1. The maximum Gasteiger partial charge on any atom is 0.175 e. The van der Waals surface area contributed by atoms with E-state index in [2.05, 4.69) is 15.3 Å². The molecule has 0 saturated carbocycles. The Kier molecular flexibility index (Phi) is 6.16. The van der Waals surface area contributed by atoms with E-state index in [0.29, 0.717) is 18.9 Å². The second kappa shape index (κ2) is 8.58. The quantitative estimate of drug-likeness (QED) is 0.445. The molecule has 0 unspecified atom stereocenters. The number of fused-ring (bicyclic) bond motifs is 1. The van der Waals surface area contributed by atoms with Crippen molar-refractivity contribution in [3.05, 3.63) is 48.3 Å². The molecule has 0 aliphatic carbocycles. The largest absolute Gasteiger partial charge is 0.489 e. The standard InChI is InChI=1S/C19H22BN3O4S/c1-26-7-6-21-19-15-9-16(20)18(10-17(15)22-12-23-19)27-11-13-4-3-5-14(8-13)28(2,24)25/h3-5,8-10,12H,6-7,11,20H2,1-2H3,(H,21,22,23). The SMILES string of the molecule is Bc1cc2c(NCCOC)ncnc2cc1OCc1cccc(S(C)(=O)=O)c1. The van der Waals surface area contributed by atoms with Crippen LogP contribution in [0.4, 0.5) is 5.82 Å². The molecule has 146 valence electrons. The van der Waals surface area contributed by atoms with E-state index >= 15 is 0 Å². The summed E-state index contributed by atoms with van der Waals surface area (Å²) in [5.41, 5.74) is 2.49. The van der Waals surface area contributed by atoms with Gasteiger partial charge in [0.15, 0.2) is 9.84 Å². The van der Waals surface area contributed by atoms with Gasteiger partial charge in [0.1, 0.15) is 32.3 Å². The summed E-state index contributed by atoms with van der Waals surface area (Å²) in [6, 6.07) is 10.6. The molecule has 0 amide bonds. The number of ether oxygens (including phenoxy) is 2. The van der Waals surface area contributed by atoms with Gasteiger partial charge < -0.3 is 14.8 Å². The Morgan fingerprint density at radius 1 is 1.18 bits per heavy atom. The van der Waals surface area contributed by atoms with Crippen LogP contribution in [-0.2, 0) is 21.2 Å². The Labute approximate surface area is 165 Å². The Hall–Kier alpha value is -2.65. The van der Waals surface area contributed by atoms with E-state index < -0.39 is 9.84 Å². The van der Waals surface area contributed by atoms with Crippen LogP contribution in [0.25, 0.3) is 10.9 Å². The molecule has 0 saturated heterocycles. The highest BCUT2D eigenvalue weighted by Crippen LogP contribution is 2.23. The van der Waals surface area contributed by atoms with Gasteiger partial charge in [0.2, 0.25) is 0 Å². The number of rotatable bonds is 8. The van der Waals surface area contributed by atoms with Gasteiger partial charge in [-0.15, -0.1) is 0 Å². The van der Waals surface area contributed by atoms with Crippen molar-refractivity contribution < 1.29 is 17.9 Å². The van der Waals surface area contributed by atoms with E-state index in [1.807, 2.05) is 26.0 Å². The highest BCUT2D eigenvalue weighted by atomic mass is 32.2. The summed E-state index contributed by atoms with van der Waals surface area (Å²) in [4.78, 5) is 8.91. The molecular weight excluding hydrogens is 377 g/mol. The van der Waals surface area contributed by atoms with E-state index in [4.69, 9.17) is 9.47 Å². The van der Waals surface area contributed by atoms with Gasteiger partial charge in [0, 0.05) is 31.4 Å². The smallest absolute Gasteiger partial charge is 0.175 e. The van der Waals surface area contributed by atoms with E-state index in [-0.39, 0.29) is 11.5 Å². The van der Waals surface area contributed by atoms with Gasteiger partial charge in [0.05, 0.1) is 17.0 Å². The van der Waals surface area contributed by atoms with Gasteiger partial charge in [-0.1, -0.05) is 18.2 Å². The fourth-order valence-corrected chi connectivity index (χ4v) is 3.48. The Morgan fingerprint density at radius 3 is 2.75 bits per heavy atom. The van der Waals surface area contributed by atoms with Gasteiger partial charge >= 0.3 is 0 Å². The third-order valence-electron chi connectivity index (χ3n) is 4.25. The summed E-state index contributed by atoms with van der Waals surface area (Å²) >= 11 is 0. The van der Waals surface area contributed by atoms with Gasteiger partial charge in [-0.25, -0.2) is 18.4 Å². The molecule has 2 aromatic carbocycles. The molecule has 0 bridgehead atoms. The van der Waals surface area contributed by atoms with Crippen LogP contribution in [0.1, 0.15) is 5.56 Å². The maximum absolute atomic E-state index is 11.7. The van der Waals surface area contributed by atoms with Crippen molar-refractivity contribution in [2.24, 2.45) is 0 Å². The second-order valence-corrected chi connectivity index (χ2v) is 8.50. The number of nitrogens with one attached hydrogen (secondary N) is 1. The van der Waals surface area contributed by atoms with Gasteiger partial charge in [-0.05, 0) is 23.2 Å². The second-order valence-electron chi connectivity index (χ2n) is 6.48. The molecule has 9 heteroatoms. The number of methoxy groups -OCH3 is 1. The number of nitrogens with zero attached hydrogens (tertiary/aromatic N) is 2. The van der Waals surface area contributed by atoms with Gasteiger partial charge in [-0.2, -0.15) is 0 Å². The first-order valence-corrected chi connectivity index (χ1v) is 10.7. The molecule has 0 aliphatic heterocycles. The number of aromatic nitrogens is 2. The Bertz CT molecular complexity index is 1090. The van der Waals surface area contributed by atoms with E-state index in [1.165, 1.54) is 12.6 Å². The summed E-state index contributed by atoms with van der Waals surface area (Å²) in [5, 5.41) is 4.14. The maximum atomic E-state index is 11.7. The zero-order valence-electron chi connectivity index (χ0n) is 16.1. The lowest BCUT2D eigenvalue weighted by atomic mass is 9.93. The average Bonchev–Trinajstić information content (AvgIpc) is 2.66. The number of hydrogen-bond acceptors (Lipinski definition) is 7. The average molecular weight is 399 g/mol. The zero-order valence-corrected chi connectivity index (χ0v) is 16.9. The number of anilines is 1. The van der Waals surface area contributed by atoms with Crippen LogP contribution in [-0.4, -0.2) is 52.7 Å². The third kappa shape index (κ3) is 4.79. The van der Waals surface area contributed by atoms with Gasteiger partial charge in [0.25, 0.3) is 0 Å². The summed E-state index contributed by atoms with van der Waals surface area (Å²) < 4.78 is 34.4. The molecule has 3 rings (SSSR count). The topological polar surface area (TPSA) is 90.4 Å². The molecule has 1 N–H and O–H groups in total. The molecule has 1 aromatic heterocycles. The molecule has 0 aliphatic rings. The molecule has 1 heterocycles.